The zero-order valence-corrected chi connectivity index (χ0v) is 11.1. The molecule has 0 aromatic carbocycles. The molecule has 0 radical (unpaired) electrons. The van der Waals surface area contributed by atoms with Crippen molar-refractivity contribution in [1.82, 2.24) is 4.90 Å². The topological polar surface area (TPSA) is 49.8 Å². The van der Waals surface area contributed by atoms with Crippen LogP contribution in [0.25, 0.3) is 0 Å². The number of aliphatic hydroxyl groups excluding tert-OH is 1. The molecular formula is C14H25NO3. The van der Waals surface area contributed by atoms with Crippen LogP contribution in [0.5, 0.6) is 0 Å². The number of ether oxygens (including phenoxy) is 1. The van der Waals surface area contributed by atoms with Crippen LogP contribution in [-0.4, -0.2) is 55.2 Å². The predicted octanol–water partition coefficient (Wildman–Crippen LogP) is 1.22. The van der Waals surface area contributed by atoms with Crippen LogP contribution in [0.1, 0.15) is 38.5 Å². The molecule has 104 valence electrons. The maximum atomic E-state index is 11.5. The molecule has 0 bridgehead atoms. The fourth-order valence-electron chi connectivity index (χ4n) is 2.95. The summed E-state index contributed by atoms with van der Waals surface area (Å²) in [5, 5.41) is 8.99. The average Bonchev–Trinajstić information content (AvgIpc) is 2.35. The number of rotatable bonds is 7. The molecule has 1 saturated heterocycles. The molecule has 18 heavy (non-hydrogen) atoms. The highest BCUT2D eigenvalue weighted by molar-refractivity contribution is 5.60. The number of aliphatic hydroxyl groups is 1. The Morgan fingerprint density at radius 2 is 2.22 bits per heavy atom. The van der Waals surface area contributed by atoms with Gasteiger partial charge in [-0.05, 0) is 32.1 Å². The van der Waals surface area contributed by atoms with Crippen LogP contribution in [0, 0.1) is 5.41 Å². The second-order valence-corrected chi connectivity index (χ2v) is 5.77. The van der Waals surface area contributed by atoms with Gasteiger partial charge < -0.3 is 14.6 Å². The predicted molar refractivity (Wildman–Crippen MR) is 69.5 cm³/mol. The quantitative estimate of drug-likeness (QED) is 0.695. The van der Waals surface area contributed by atoms with E-state index in [-0.39, 0.29) is 12.0 Å². The highest BCUT2D eigenvalue weighted by atomic mass is 16.5. The van der Waals surface area contributed by atoms with Gasteiger partial charge in [0.05, 0.1) is 12.0 Å². The first-order valence-corrected chi connectivity index (χ1v) is 7.19. The minimum atomic E-state index is -0.302. The summed E-state index contributed by atoms with van der Waals surface area (Å²) in [5.41, 5.74) is -0.302. The third-order valence-corrected chi connectivity index (χ3v) is 4.32. The van der Waals surface area contributed by atoms with Gasteiger partial charge in [0.1, 0.15) is 6.29 Å². The first kappa shape index (κ1) is 14.0. The smallest absolute Gasteiger partial charge is 0.129 e. The molecule has 1 aliphatic heterocycles. The lowest BCUT2D eigenvalue weighted by molar-refractivity contribution is -0.126. The van der Waals surface area contributed by atoms with Crippen molar-refractivity contribution in [3.05, 3.63) is 0 Å². The van der Waals surface area contributed by atoms with Gasteiger partial charge in [0.25, 0.3) is 0 Å². The normalized spacial score (nSPS) is 29.2. The fourth-order valence-corrected chi connectivity index (χ4v) is 2.95. The molecule has 1 aliphatic carbocycles. The largest absolute Gasteiger partial charge is 0.396 e. The standard InChI is InChI=1S/C14H25NO3/c16-8-3-7-15(13-4-1-5-13)10-14(11-17)6-2-9-18-12-14/h11,13,16H,1-10,12H2. The number of nitrogens with zero attached hydrogens (tertiary/aromatic N) is 1. The van der Waals surface area contributed by atoms with E-state index in [1.165, 1.54) is 19.3 Å². The van der Waals surface area contributed by atoms with E-state index in [0.29, 0.717) is 12.6 Å². The molecule has 1 saturated carbocycles. The molecular weight excluding hydrogens is 230 g/mol. The van der Waals surface area contributed by atoms with Crippen molar-refractivity contribution < 1.29 is 14.6 Å². The molecule has 1 heterocycles. The van der Waals surface area contributed by atoms with Gasteiger partial charge in [-0.15, -0.1) is 0 Å². The Hall–Kier alpha value is -0.450. The van der Waals surface area contributed by atoms with Gasteiger partial charge in [0, 0.05) is 32.3 Å². The third kappa shape index (κ3) is 3.31. The van der Waals surface area contributed by atoms with E-state index in [9.17, 15) is 4.79 Å². The first-order chi connectivity index (χ1) is 8.79. The van der Waals surface area contributed by atoms with E-state index in [2.05, 4.69) is 4.90 Å². The molecule has 4 nitrogen and oxygen atoms in total. The summed E-state index contributed by atoms with van der Waals surface area (Å²) in [7, 11) is 0. The van der Waals surface area contributed by atoms with Gasteiger partial charge in [-0.25, -0.2) is 0 Å². The second kappa shape index (κ2) is 6.64. The lowest BCUT2D eigenvalue weighted by Crippen LogP contribution is -2.50. The lowest BCUT2D eigenvalue weighted by Gasteiger charge is -2.43. The molecule has 2 aliphatic rings. The number of hydrogen-bond acceptors (Lipinski definition) is 4. The van der Waals surface area contributed by atoms with Crippen molar-refractivity contribution >= 4 is 6.29 Å². The maximum Gasteiger partial charge on any atom is 0.129 e. The molecule has 0 spiro atoms. The number of hydrogen-bond donors (Lipinski definition) is 1. The van der Waals surface area contributed by atoms with E-state index in [1.807, 2.05) is 0 Å². The SMILES string of the molecule is O=CC1(CN(CCCO)C2CCC2)CCCOC1. The Labute approximate surface area is 109 Å². The van der Waals surface area contributed by atoms with Crippen LogP contribution in [0.3, 0.4) is 0 Å². The molecule has 0 aromatic heterocycles. The summed E-state index contributed by atoms with van der Waals surface area (Å²) in [4.78, 5) is 13.9. The Bertz CT molecular complexity index is 260. The fraction of sp³-hybridized carbons (Fsp3) is 0.929. The monoisotopic (exact) mass is 255 g/mol. The van der Waals surface area contributed by atoms with Gasteiger partial charge in [-0.2, -0.15) is 0 Å². The summed E-state index contributed by atoms with van der Waals surface area (Å²) in [6, 6.07) is 0.621. The zero-order chi connectivity index (χ0) is 12.8. The highest BCUT2D eigenvalue weighted by Crippen LogP contribution is 2.32. The summed E-state index contributed by atoms with van der Waals surface area (Å²) in [5.74, 6) is 0. The van der Waals surface area contributed by atoms with Crippen LogP contribution in [0.2, 0.25) is 0 Å². The minimum Gasteiger partial charge on any atom is -0.396 e. The molecule has 0 aromatic rings. The molecule has 1 N–H and O–H groups in total. The van der Waals surface area contributed by atoms with E-state index in [0.717, 1.165) is 45.2 Å². The molecule has 2 fully saturated rings. The van der Waals surface area contributed by atoms with Crippen molar-refractivity contribution in [3.63, 3.8) is 0 Å². The van der Waals surface area contributed by atoms with Crippen LogP contribution in [-0.2, 0) is 9.53 Å². The Morgan fingerprint density at radius 3 is 2.72 bits per heavy atom. The van der Waals surface area contributed by atoms with Crippen molar-refractivity contribution in [1.29, 1.82) is 0 Å². The van der Waals surface area contributed by atoms with E-state index in [1.54, 1.807) is 0 Å². The minimum absolute atomic E-state index is 0.230. The van der Waals surface area contributed by atoms with E-state index in [4.69, 9.17) is 9.84 Å². The second-order valence-electron chi connectivity index (χ2n) is 5.77. The highest BCUT2D eigenvalue weighted by Gasteiger charge is 2.37. The van der Waals surface area contributed by atoms with E-state index >= 15 is 0 Å². The molecule has 2 rings (SSSR count). The summed E-state index contributed by atoms with van der Waals surface area (Å²) in [6.07, 6.45) is 7.60. The number of aldehydes is 1. The summed E-state index contributed by atoms with van der Waals surface area (Å²) >= 11 is 0. The van der Waals surface area contributed by atoms with Crippen molar-refractivity contribution in [2.24, 2.45) is 5.41 Å². The van der Waals surface area contributed by atoms with E-state index < -0.39 is 0 Å². The number of carbonyl (C=O) groups is 1. The van der Waals surface area contributed by atoms with Crippen LogP contribution < -0.4 is 0 Å². The molecule has 1 unspecified atom stereocenters. The van der Waals surface area contributed by atoms with Crippen LogP contribution in [0.15, 0.2) is 0 Å². The van der Waals surface area contributed by atoms with Crippen molar-refractivity contribution in [2.45, 2.75) is 44.6 Å². The van der Waals surface area contributed by atoms with Gasteiger partial charge in [0.2, 0.25) is 0 Å². The average molecular weight is 255 g/mol. The molecule has 0 amide bonds. The third-order valence-electron chi connectivity index (χ3n) is 4.32. The van der Waals surface area contributed by atoms with Crippen LogP contribution >= 0.6 is 0 Å². The van der Waals surface area contributed by atoms with Crippen molar-refractivity contribution in [2.75, 3.05) is 32.9 Å². The van der Waals surface area contributed by atoms with Gasteiger partial charge in [-0.1, -0.05) is 6.42 Å². The number of carbonyl (C=O) groups excluding carboxylic acids is 1. The molecule has 4 heteroatoms. The van der Waals surface area contributed by atoms with Gasteiger partial charge >= 0.3 is 0 Å². The van der Waals surface area contributed by atoms with Gasteiger partial charge in [0.15, 0.2) is 0 Å². The Morgan fingerprint density at radius 1 is 1.39 bits per heavy atom. The van der Waals surface area contributed by atoms with Gasteiger partial charge in [-0.3, -0.25) is 4.90 Å². The van der Waals surface area contributed by atoms with Crippen LogP contribution in [0.4, 0.5) is 0 Å². The Kier molecular flexibility index (Phi) is 5.15. The molecule has 1 atom stereocenters. The maximum absolute atomic E-state index is 11.5. The zero-order valence-electron chi connectivity index (χ0n) is 11.1. The summed E-state index contributed by atoms with van der Waals surface area (Å²) in [6.45, 7) is 3.29. The lowest BCUT2D eigenvalue weighted by atomic mass is 9.81. The first-order valence-electron chi connectivity index (χ1n) is 7.19. The summed E-state index contributed by atoms with van der Waals surface area (Å²) < 4.78 is 5.51. The van der Waals surface area contributed by atoms with Crippen molar-refractivity contribution in [3.8, 4) is 0 Å². The Balaban J connectivity index is 1.94.